The molecule has 1 aliphatic heterocycles. The Morgan fingerprint density at radius 2 is 1.84 bits per heavy atom. The van der Waals surface area contributed by atoms with Crippen molar-refractivity contribution in [2.75, 3.05) is 22.9 Å². The average molecular weight is 453 g/mol. The Kier molecular flexibility index (Phi) is 6.14. The van der Waals surface area contributed by atoms with Crippen molar-refractivity contribution in [3.05, 3.63) is 75.2 Å². The van der Waals surface area contributed by atoms with Gasteiger partial charge in [0.1, 0.15) is 5.82 Å². The monoisotopic (exact) mass is 452 g/mol. The summed E-state index contributed by atoms with van der Waals surface area (Å²) < 4.78 is 13.1. The van der Waals surface area contributed by atoms with E-state index in [4.69, 9.17) is 5.73 Å². The molecule has 1 aliphatic rings. The van der Waals surface area contributed by atoms with Crippen molar-refractivity contribution >= 4 is 40.3 Å². The van der Waals surface area contributed by atoms with Crippen molar-refractivity contribution in [1.82, 2.24) is 4.90 Å². The quantitative estimate of drug-likeness (QED) is 0.461. The second kappa shape index (κ2) is 9.00. The predicted molar refractivity (Wildman–Crippen MR) is 127 cm³/mol. The lowest BCUT2D eigenvalue weighted by atomic mass is 10.0. The molecule has 2 heterocycles. The summed E-state index contributed by atoms with van der Waals surface area (Å²) in [5.74, 6) is -0.237. The van der Waals surface area contributed by atoms with E-state index in [-0.39, 0.29) is 17.8 Å². The molecule has 0 unspecified atom stereocenters. The Bertz CT molecular complexity index is 1160. The minimum absolute atomic E-state index is 0.209. The van der Waals surface area contributed by atoms with Crippen molar-refractivity contribution in [2.45, 2.75) is 32.7 Å². The highest BCUT2D eigenvalue weighted by Crippen LogP contribution is 2.30. The zero-order valence-corrected chi connectivity index (χ0v) is 18.8. The van der Waals surface area contributed by atoms with Gasteiger partial charge in [-0.2, -0.15) is 0 Å². The van der Waals surface area contributed by atoms with Gasteiger partial charge in [-0.25, -0.2) is 9.18 Å². The van der Waals surface area contributed by atoms with Gasteiger partial charge in [-0.15, -0.1) is 11.3 Å². The molecule has 0 radical (unpaired) electrons. The molecule has 6 nitrogen and oxygen atoms in total. The van der Waals surface area contributed by atoms with Crippen LogP contribution in [0.3, 0.4) is 0 Å². The maximum Gasteiger partial charge on any atom is 0.322 e. The van der Waals surface area contributed by atoms with Crippen LogP contribution in [-0.2, 0) is 13.0 Å². The Labute approximate surface area is 190 Å². The van der Waals surface area contributed by atoms with E-state index in [1.807, 2.05) is 24.3 Å². The Morgan fingerprint density at radius 3 is 2.56 bits per heavy atom. The number of hydrogen-bond donors (Lipinski definition) is 3. The first-order valence-corrected chi connectivity index (χ1v) is 11.3. The maximum absolute atomic E-state index is 13.1. The first-order valence-electron chi connectivity index (χ1n) is 10.4. The van der Waals surface area contributed by atoms with Gasteiger partial charge in [0.05, 0.1) is 22.8 Å². The summed E-state index contributed by atoms with van der Waals surface area (Å²) in [6, 6.07) is 13.0. The molecule has 1 aromatic heterocycles. The number of hydrogen-bond acceptors (Lipinski definition) is 4. The molecule has 0 aliphatic carbocycles. The van der Waals surface area contributed by atoms with Gasteiger partial charge in [0.15, 0.2) is 0 Å². The molecule has 8 heteroatoms. The molecule has 0 spiro atoms. The first kappa shape index (κ1) is 21.8. The zero-order valence-electron chi connectivity index (χ0n) is 17.9. The summed E-state index contributed by atoms with van der Waals surface area (Å²) in [4.78, 5) is 28.7. The number of carbonyl (C=O) groups is 2. The number of rotatable bonds is 4. The smallest absolute Gasteiger partial charge is 0.322 e. The minimum Gasteiger partial charge on any atom is -0.397 e. The molecule has 3 amide bonds. The van der Waals surface area contributed by atoms with Crippen molar-refractivity contribution in [3.8, 4) is 0 Å². The van der Waals surface area contributed by atoms with Crippen molar-refractivity contribution in [3.63, 3.8) is 0 Å². The summed E-state index contributed by atoms with van der Waals surface area (Å²) in [5.41, 5.74) is 9.89. The van der Waals surface area contributed by atoms with Gasteiger partial charge in [0, 0.05) is 17.1 Å². The highest BCUT2D eigenvalue weighted by atomic mass is 32.1. The van der Waals surface area contributed by atoms with Gasteiger partial charge < -0.3 is 21.3 Å². The number of urea groups is 1. The van der Waals surface area contributed by atoms with Crippen molar-refractivity contribution < 1.29 is 14.0 Å². The molecule has 0 saturated heterocycles. The highest BCUT2D eigenvalue weighted by molar-refractivity contribution is 7.14. The van der Waals surface area contributed by atoms with Gasteiger partial charge in [0.2, 0.25) is 0 Å². The summed E-state index contributed by atoms with van der Waals surface area (Å²) in [6.07, 6.45) is 0.668. The fourth-order valence-electron chi connectivity index (χ4n) is 3.57. The molecule has 4 rings (SSSR count). The van der Waals surface area contributed by atoms with Crippen molar-refractivity contribution in [1.29, 1.82) is 0 Å². The van der Waals surface area contributed by atoms with E-state index in [1.54, 1.807) is 4.90 Å². The molecule has 166 valence electrons. The lowest BCUT2D eigenvalue weighted by molar-refractivity contribution is 0.103. The standard InChI is InChI=1S/C24H25FN4O2S/c1-14(2)15-3-8-19(26)20(11-15)28-23(30)21-12-16-9-10-29(13-22(16)32-21)24(31)27-18-6-4-17(25)5-7-18/h3-8,11-12,14H,9-10,13,26H2,1-2H3,(H,27,31)(H,28,30). The number of nitrogens with zero attached hydrogens (tertiary/aromatic N) is 1. The topological polar surface area (TPSA) is 87.5 Å². The second-order valence-electron chi connectivity index (χ2n) is 8.12. The summed E-state index contributed by atoms with van der Waals surface area (Å²) in [5, 5.41) is 5.71. The molecule has 0 fully saturated rings. The molecule has 0 atom stereocenters. The third-order valence-electron chi connectivity index (χ3n) is 5.48. The fourth-order valence-corrected chi connectivity index (χ4v) is 4.69. The molecular weight excluding hydrogens is 427 g/mol. The second-order valence-corrected chi connectivity index (χ2v) is 9.26. The highest BCUT2D eigenvalue weighted by Gasteiger charge is 2.25. The van der Waals surface area contributed by atoms with Gasteiger partial charge in [0.25, 0.3) is 5.91 Å². The van der Waals surface area contributed by atoms with Crippen LogP contribution in [0.4, 0.5) is 26.2 Å². The van der Waals surface area contributed by atoms with Gasteiger partial charge in [-0.05, 0) is 65.9 Å². The summed E-state index contributed by atoms with van der Waals surface area (Å²) in [7, 11) is 0. The van der Waals surface area contributed by atoms with Gasteiger partial charge in [-0.3, -0.25) is 4.79 Å². The largest absolute Gasteiger partial charge is 0.397 e. The number of nitrogens with two attached hydrogens (primary N) is 1. The number of anilines is 3. The van der Waals surface area contributed by atoms with E-state index in [0.29, 0.717) is 47.4 Å². The van der Waals surface area contributed by atoms with Crippen LogP contribution in [0.1, 0.15) is 45.4 Å². The third kappa shape index (κ3) is 4.75. The molecule has 2 aromatic carbocycles. The van der Waals surface area contributed by atoms with Crippen LogP contribution in [0, 0.1) is 5.82 Å². The maximum atomic E-state index is 13.1. The van der Waals surface area contributed by atoms with Crippen molar-refractivity contribution in [2.24, 2.45) is 0 Å². The van der Waals surface area contributed by atoms with E-state index in [9.17, 15) is 14.0 Å². The van der Waals surface area contributed by atoms with Crippen LogP contribution in [0.2, 0.25) is 0 Å². The number of thiophene rings is 1. The number of nitrogen functional groups attached to an aromatic ring is 1. The molecule has 4 N–H and O–H groups in total. The van der Waals surface area contributed by atoms with Crippen LogP contribution in [0.15, 0.2) is 48.5 Å². The van der Waals surface area contributed by atoms with Crippen LogP contribution >= 0.6 is 11.3 Å². The van der Waals surface area contributed by atoms with Gasteiger partial charge >= 0.3 is 6.03 Å². The lowest BCUT2D eigenvalue weighted by Gasteiger charge is -2.27. The van der Waals surface area contributed by atoms with Crippen LogP contribution < -0.4 is 16.4 Å². The zero-order chi connectivity index (χ0) is 22.8. The molecule has 0 bridgehead atoms. The summed E-state index contributed by atoms with van der Waals surface area (Å²) in [6.45, 7) is 5.14. The van der Waals surface area contributed by atoms with E-state index < -0.39 is 0 Å². The van der Waals surface area contributed by atoms with E-state index in [2.05, 4.69) is 24.5 Å². The average Bonchev–Trinajstić information content (AvgIpc) is 3.20. The Morgan fingerprint density at radius 1 is 1.09 bits per heavy atom. The number of fused-ring (bicyclic) bond motifs is 1. The SMILES string of the molecule is CC(C)c1ccc(N)c(NC(=O)c2cc3c(s2)CN(C(=O)Nc2ccc(F)cc2)CC3)c1. The number of amides is 3. The molecule has 0 saturated carbocycles. The minimum atomic E-state index is -0.354. The van der Waals surface area contributed by atoms with E-state index >= 15 is 0 Å². The number of halogens is 1. The molecular formula is C24H25FN4O2S. The number of benzene rings is 2. The van der Waals surface area contributed by atoms with E-state index in [1.165, 1.54) is 35.6 Å². The Balaban J connectivity index is 1.44. The van der Waals surface area contributed by atoms with Crippen LogP contribution in [0.25, 0.3) is 0 Å². The number of carbonyl (C=O) groups excluding carboxylic acids is 2. The summed E-state index contributed by atoms with van der Waals surface area (Å²) >= 11 is 1.38. The molecule has 32 heavy (non-hydrogen) atoms. The lowest BCUT2D eigenvalue weighted by Crippen LogP contribution is -2.38. The number of nitrogens with one attached hydrogen (secondary N) is 2. The Hall–Kier alpha value is -3.39. The fraction of sp³-hybridized carbons (Fsp3) is 0.250. The van der Waals surface area contributed by atoms with Crippen LogP contribution in [0.5, 0.6) is 0 Å². The molecule has 3 aromatic rings. The van der Waals surface area contributed by atoms with E-state index in [0.717, 1.165) is 16.0 Å². The first-order chi connectivity index (χ1) is 15.3. The van der Waals surface area contributed by atoms with Crippen LogP contribution in [-0.4, -0.2) is 23.4 Å². The predicted octanol–water partition coefficient (Wildman–Crippen LogP) is 5.44. The normalized spacial score (nSPS) is 13.1. The van der Waals surface area contributed by atoms with Gasteiger partial charge in [-0.1, -0.05) is 19.9 Å². The third-order valence-corrected chi connectivity index (χ3v) is 6.64.